The van der Waals surface area contributed by atoms with Gasteiger partial charge in [-0.15, -0.1) is 0 Å². The van der Waals surface area contributed by atoms with Gasteiger partial charge in [-0.05, 0) is 12.5 Å². The first-order valence-corrected chi connectivity index (χ1v) is 6.20. The highest BCUT2D eigenvalue weighted by Gasteiger charge is 2.13. The van der Waals surface area contributed by atoms with Crippen molar-refractivity contribution < 1.29 is 14.2 Å². The summed E-state index contributed by atoms with van der Waals surface area (Å²) in [6.45, 7) is 2.52. The minimum atomic E-state index is 0.0656. The molecule has 6 nitrogen and oxygen atoms in total. The number of ether oxygens (including phenoxy) is 3. The van der Waals surface area contributed by atoms with Crippen molar-refractivity contribution in [3.05, 3.63) is 18.0 Å². The van der Waals surface area contributed by atoms with E-state index in [2.05, 4.69) is 9.97 Å². The van der Waals surface area contributed by atoms with Gasteiger partial charge in [0.05, 0.1) is 31.7 Å². The van der Waals surface area contributed by atoms with Crippen LogP contribution < -0.4 is 14.2 Å². The molecule has 104 valence electrons. The highest BCUT2D eigenvalue weighted by molar-refractivity contribution is 5.87. The van der Waals surface area contributed by atoms with Crippen molar-refractivity contribution in [2.45, 2.75) is 13.3 Å². The summed E-state index contributed by atoms with van der Waals surface area (Å²) in [5.74, 6) is 1.56. The van der Waals surface area contributed by atoms with Crippen LogP contribution >= 0.6 is 0 Å². The van der Waals surface area contributed by atoms with Crippen LogP contribution in [0.1, 0.15) is 19.2 Å². The normalized spacial score (nSPS) is 10.1. The van der Waals surface area contributed by atoms with Gasteiger partial charge in [0, 0.05) is 6.07 Å². The first-order chi connectivity index (χ1) is 9.73. The summed E-state index contributed by atoms with van der Waals surface area (Å²) in [6, 6.07) is 5.38. The summed E-state index contributed by atoms with van der Waals surface area (Å²) in [7, 11) is 3.10. The van der Waals surface area contributed by atoms with Crippen molar-refractivity contribution in [1.29, 1.82) is 5.26 Å². The molecule has 1 heterocycles. The molecule has 0 fully saturated rings. The average Bonchev–Trinajstić information content (AvgIpc) is 2.50. The van der Waals surface area contributed by atoms with Gasteiger partial charge in [0.25, 0.3) is 0 Å². The molecule has 1 aromatic heterocycles. The number of nitriles is 1. The summed E-state index contributed by atoms with van der Waals surface area (Å²) < 4.78 is 16.1. The molecule has 0 aliphatic rings. The molecule has 6 heteroatoms. The number of hydrogen-bond acceptors (Lipinski definition) is 6. The molecule has 20 heavy (non-hydrogen) atoms. The van der Waals surface area contributed by atoms with E-state index in [-0.39, 0.29) is 5.82 Å². The van der Waals surface area contributed by atoms with E-state index in [0.29, 0.717) is 34.9 Å². The van der Waals surface area contributed by atoms with Crippen LogP contribution in [0.25, 0.3) is 10.9 Å². The van der Waals surface area contributed by atoms with E-state index in [0.717, 1.165) is 6.42 Å². The minimum absolute atomic E-state index is 0.0656. The third-order valence-electron chi connectivity index (χ3n) is 2.71. The van der Waals surface area contributed by atoms with Crippen molar-refractivity contribution in [1.82, 2.24) is 9.97 Å². The molecule has 0 saturated heterocycles. The summed E-state index contributed by atoms with van der Waals surface area (Å²) in [4.78, 5) is 8.26. The predicted octanol–water partition coefficient (Wildman–Crippen LogP) is 2.31. The van der Waals surface area contributed by atoms with E-state index in [1.54, 1.807) is 26.4 Å². The van der Waals surface area contributed by atoms with Crippen LogP contribution in [0.4, 0.5) is 0 Å². The van der Waals surface area contributed by atoms with E-state index in [9.17, 15) is 0 Å². The molecule has 0 saturated carbocycles. The molecule has 1 aromatic carbocycles. The zero-order chi connectivity index (χ0) is 14.5. The Kier molecular flexibility index (Phi) is 4.20. The lowest BCUT2D eigenvalue weighted by Crippen LogP contribution is -2.02. The van der Waals surface area contributed by atoms with Gasteiger partial charge < -0.3 is 14.2 Å². The van der Waals surface area contributed by atoms with E-state index < -0.39 is 0 Å². The number of aromatic nitrogens is 2. The SMILES string of the molecule is CCCOc1nc(C#N)nc2cc(OC)c(OC)cc12. The summed E-state index contributed by atoms with van der Waals surface area (Å²) in [6.07, 6.45) is 0.848. The third-order valence-corrected chi connectivity index (χ3v) is 2.71. The fraction of sp³-hybridized carbons (Fsp3) is 0.357. The molecule has 0 spiro atoms. The fourth-order valence-electron chi connectivity index (χ4n) is 1.79. The van der Waals surface area contributed by atoms with Crippen molar-refractivity contribution in [3.8, 4) is 23.4 Å². The molecule has 0 unspecified atom stereocenters. The van der Waals surface area contributed by atoms with Crippen LogP contribution in [0, 0.1) is 11.3 Å². The molecule has 2 aromatic rings. The van der Waals surface area contributed by atoms with Crippen molar-refractivity contribution in [2.24, 2.45) is 0 Å². The maximum Gasteiger partial charge on any atom is 0.236 e. The van der Waals surface area contributed by atoms with E-state index >= 15 is 0 Å². The molecule has 0 radical (unpaired) electrons. The second-order valence-corrected chi connectivity index (χ2v) is 4.04. The number of hydrogen-bond donors (Lipinski definition) is 0. The van der Waals surface area contributed by atoms with Crippen LogP contribution in [0.5, 0.6) is 17.4 Å². The van der Waals surface area contributed by atoms with Crippen LogP contribution in [-0.2, 0) is 0 Å². The smallest absolute Gasteiger partial charge is 0.236 e. The van der Waals surface area contributed by atoms with Gasteiger partial charge >= 0.3 is 0 Å². The lowest BCUT2D eigenvalue weighted by molar-refractivity contribution is 0.308. The van der Waals surface area contributed by atoms with Crippen molar-refractivity contribution in [3.63, 3.8) is 0 Å². The van der Waals surface area contributed by atoms with Crippen molar-refractivity contribution in [2.75, 3.05) is 20.8 Å². The fourth-order valence-corrected chi connectivity index (χ4v) is 1.79. The Morgan fingerprint density at radius 2 is 1.85 bits per heavy atom. The van der Waals surface area contributed by atoms with Crippen LogP contribution in [-0.4, -0.2) is 30.8 Å². The third kappa shape index (κ3) is 2.57. The van der Waals surface area contributed by atoms with E-state index in [4.69, 9.17) is 19.5 Å². The first kappa shape index (κ1) is 13.9. The number of nitrogens with zero attached hydrogens (tertiary/aromatic N) is 3. The molecule has 0 N–H and O–H groups in total. The summed E-state index contributed by atoms with van der Waals surface area (Å²) >= 11 is 0. The number of rotatable bonds is 5. The van der Waals surface area contributed by atoms with Gasteiger partial charge in [0.1, 0.15) is 6.07 Å². The lowest BCUT2D eigenvalue weighted by atomic mass is 10.2. The quantitative estimate of drug-likeness (QED) is 0.831. The molecule has 2 rings (SSSR count). The van der Waals surface area contributed by atoms with Crippen LogP contribution in [0.3, 0.4) is 0 Å². The standard InChI is InChI=1S/C14H15N3O3/c1-4-5-20-14-9-6-11(18-2)12(19-3)7-10(9)16-13(8-15)17-14/h6-7H,4-5H2,1-3H3. The predicted molar refractivity (Wildman–Crippen MR) is 73.1 cm³/mol. The number of methoxy groups -OCH3 is 2. The highest BCUT2D eigenvalue weighted by atomic mass is 16.5. The van der Waals surface area contributed by atoms with Gasteiger partial charge in [-0.3, -0.25) is 0 Å². The Labute approximate surface area is 116 Å². The van der Waals surface area contributed by atoms with Crippen LogP contribution in [0.2, 0.25) is 0 Å². The topological polar surface area (TPSA) is 77.3 Å². The molecule has 0 aliphatic heterocycles. The molecule has 0 atom stereocenters. The Bertz CT molecular complexity index is 665. The first-order valence-electron chi connectivity index (χ1n) is 6.20. The summed E-state index contributed by atoms with van der Waals surface area (Å²) in [5.41, 5.74) is 0.584. The Morgan fingerprint density at radius 1 is 1.15 bits per heavy atom. The van der Waals surface area contributed by atoms with E-state index in [1.807, 2.05) is 13.0 Å². The minimum Gasteiger partial charge on any atom is -0.493 e. The summed E-state index contributed by atoms with van der Waals surface area (Å²) in [5, 5.41) is 9.68. The van der Waals surface area contributed by atoms with Gasteiger partial charge in [0.15, 0.2) is 11.5 Å². The monoisotopic (exact) mass is 273 g/mol. The van der Waals surface area contributed by atoms with E-state index in [1.165, 1.54) is 0 Å². The maximum atomic E-state index is 8.99. The van der Waals surface area contributed by atoms with Gasteiger partial charge in [0.2, 0.25) is 11.7 Å². The highest BCUT2D eigenvalue weighted by Crippen LogP contribution is 2.34. The zero-order valence-electron chi connectivity index (χ0n) is 11.6. The maximum absolute atomic E-state index is 8.99. The largest absolute Gasteiger partial charge is 0.493 e. The molecule has 0 amide bonds. The second-order valence-electron chi connectivity index (χ2n) is 4.04. The lowest BCUT2D eigenvalue weighted by Gasteiger charge is -2.11. The Balaban J connectivity index is 2.66. The number of benzene rings is 1. The molecular weight excluding hydrogens is 258 g/mol. The average molecular weight is 273 g/mol. The molecule has 0 bridgehead atoms. The zero-order valence-corrected chi connectivity index (χ0v) is 11.6. The second kappa shape index (κ2) is 6.06. The van der Waals surface area contributed by atoms with Crippen LogP contribution in [0.15, 0.2) is 12.1 Å². The molecule has 0 aliphatic carbocycles. The van der Waals surface area contributed by atoms with Gasteiger partial charge in [-0.2, -0.15) is 10.2 Å². The van der Waals surface area contributed by atoms with Crippen molar-refractivity contribution >= 4 is 10.9 Å². The Hall–Kier alpha value is -2.55. The van der Waals surface area contributed by atoms with Gasteiger partial charge in [-0.1, -0.05) is 6.92 Å². The number of fused-ring (bicyclic) bond motifs is 1. The molecular formula is C14H15N3O3. The van der Waals surface area contributed by atoms with Gasteiger partial charge in [-0.25, -0.2) is 4.98 Å². The Morgan fingerprint density at radius 3 is 2.45 bits per heavy atom.